The number of nitrogens with zero attached hydrogens (tertiary/aromatic N) is 1. The van der Waals surface area contributed by atoms with E-state index in [-0.39, 0.29) is 5.91 Å². The SMILES string of the molecule is CN(CC(=O)NC1CCCC1)C1CCCCC1CN. The first-order valence-electron chi connectivity index (χ1n) is 7.90. The van der Waals surface area contributed by atoms with E-state index in [1.807, 2.05) is 0 Å². The summed E-state index contributed by atoms with van der Waals surface area (Å²) in [6, 6.07) is 0.922. The Morgan fingerprint density at radius 3 is 2.47 bits per heavy atom. The third-order valence-corrected chi connectivity index (χ3v) is 4.85. The van der Waals surface area contributed by atoms with Crippen LogP contribution in [0.15, 0.2) is 0 Å². The van der Waals surface area contributed by atoms with Crippen molar-refractivity contribution in [1.82, 2.24) is 10.2 Å². The van der Waals surface area contributed by atoms with Crippen molar-refractivity contribution in [3.8, 4) is 0 Å². The number of likely N-dealkylation sites (N-methyl/N-ethyl adjacent to an activating group) is 1. The Balaban J connectivity index is 1.78. The van der Waals surface area contributed by atoms with Crippen molar-refractivity contribution in [1.29, 1.82) is 0 Å². The van der Waals surface area contributed by atoms with Crippen LogP contribution in [0.2, 0.25) is 0 Å². The van der Waals surface area contributed by atoms with Crippen LogP contribution in [0.5, 0.6) is 0 Å². The van der Waals surface area contributed by atoms with Gasteiger partial charge in [0.15, 0.2) is 0 Å². The van der Waals surface area contributed by atoms with Crippen LogP contribution in [0.4, 0.5) is 0 Å². The van der Waals surface area contributed by atoms with Gasteiger partial charge in [-0.1, -0.05) is 25.7 Å². The van der Waals surface area contributed by atoms with E-state index in [0.717, 1.165) is 19.4 Å². The van der Waals surface area contributed by atoms with Crippen LogP contribution in [-0.2, 0) is 4.79 Å². The molecule has 2 atom stereocenters. The fraction of sp³-hybridized carbons (Fsp3) is 0.933. The van der Waals surface area contributed by atoms with Gasteiger partial charge in [0.2, 0.25) is 5.91 Å². The molecule has 0 aromatic carbocycles. The zero-order chi connectivity index (χ0) is 13.7. The molecule has 4 heteroatoms. The fourth-order valence-corrected chi connectivity index (χ4v) is 3.73. The lowest BCUT2D eigenvalue weighted by molar-refractivity contribution is -0.123. The minimum absolute atomic E-state index is 0.191. The molecule has 0 spiro atoms. The van der Waals surface area contributed by atoms with Gasteiger partial charge in [-0.2, -0.15) is 0 Å². The Labute approximate surface area is 117 Å². The average Bonchev–Trinajstić information content (AvgIpc) is 2.91. The van der Waals surface area contributed by atoms with Gasteiger partial charge in [-0.15, -0.1) is 0 Å². The molecule has 110 valence electrons. The van der Waals surface area contributed by atoms with Crippen molar-refractivity contribution in [2.75, 3.05) is 20.1 Å². The fourth-order valence-electron chi connectivity index (χ4n) is 3.73. The molecule has 2 fully saturated rings. The van der Waals surface area contributed by atoms with Crippen LogP contribution in [0.3, 0.4) is 0 Å². The van der Waals surface area contributed by atoms with E-state index in [9.17, 15) is 4.79 Å². The van der Waals surface area contributed by atoms with Crippen molar-refractivity contribution in [2.24, 2.45) is 11.7 Å². The lowest BCUT2D eigenvalue weighted by atomic mass is 9.84. The third kappa shape index (κ3) is 4.18. The van der Waals surface area contributed by atoms with Gasteiger partial charge in [0.25, 0.3) is 0 Å². The van der Waals surface area contributed by atoms with E-state index in [1.54, 1.807) is 0 Å². The van der Waals surface area contributed by atoms with Crippen LogP contribution in [0.25, 0.3) is 0 Å². The number of carbonyl (C=O) groups excluding carboxylic acids is 1. The Bertz CT molecular complexity index is 289. The Morgan fingerprint density at radius 2 is 1.79 bits per heavy atom. The maximum absolute atomic E-state index is 12.1. The highest BCUT2D eigenvalue weighted by molar-refractivity contribution is 5.78. The highest BCUT2D eigenvalue weighted by atomic mass is 16.2. The third-order valence-electron chi connectivity index (χ3n) is 4.85. The molecular formula is C15H29N3O. The maximum atomic E-state index is 12.1. The van der Waals surface area contributed by atoms with Gasteiger partial charge in [0, 0.05) is 12.1 Å². The van der Waals surface area contributed by atoms with Crippen LogP contribution >= 0.6 is 0 Å². The number of rotatable bonds is 5. The first-order valence-corrected chi connectivity index (χ1v) is 7.90. The average molecular weight is 267 g/mol. The van der Waals surface area contributed by atoms with Gasteiger partial charge < -0.3 is 11.1 Å². The van der Waals surface area contributed by atoms with Crippen molar-refractivity contribution in [3.63, 3.8) is 0 Å². The number of nitrogens with two attached hydrogens (primary N) is 1. The minimum Gasteiger partial charge on any atom is -0.352 e. The summed E-state index contributed by atoms with van der Waals surface area (Å²) in [5.74, 6) is 0.758. The molecule has 2 rings (SSSR count). The van der Waals surface area contributed by atoms with Crippen LogP contribution < -0.4 is 11.1 Å². The van der Waals surface area contributed by atoms with E-state index in [1.165, 1.54) is 38.5 Å². The summed E-state index contributed by atoms with van der Waals surface area (Å²) in [6.07, 6.45) is 9.81. The quantitative estimate of drug-likeness (QED) is 0.793. The molecule has 0 radical (unpaired) electrons. The van der Waals surface area contributed by atoms with Crippen molar-refractivity contribution in [3.05, 3.63) is 0 Å². The standard InChI is InChI=1S/C15H29N3O/c1-18(14-9-5-2-6-12(14)10-16)11-15(19)17-13-7-3-4-8-13/h12-14H,2-11,16H2,1H3,(H,17,19). The first-order chi connectivity index (χ1) is 9.20. The summed E-state index contributed by atoms with van der Waals surface area (Å²) < 4.78 is 0. The van der Waals surface area contributed by atoms with E-state index < -0.39 is 0 Å². The second-order valence-electron chi connectivity index (χ2n) is 6.31. The molecule has 0 heterocycles. The molecule has 0 saturated heterocycles. The van der Waals surface area contributed by atoms with Crippen molar-refractivity contribution < 1.29 is 4.79 Å². The zero-order valence-electron chi connectivity index (χ0n) is 12.2. The lowest BCUT2D eigenvalue weighted by Crippen LogP contribution is -2.48. The number of hydrogen-bond acceptors (Lipinski definition) is 3. The summed E-state index contributed by atoms with van der Waals surface area (Å²) >= 11 is 0. The number of amides is 1. The number of carbonyl (C=O) groups is 1. The van der Waals surface area contributed by atoms with Gasteiger partial charge in [-0.25, -0.2) is 0 Å². The minimum atomic E-state index is 0.191. The van der Waals surface area contributed by atoms with Crippen LogP contribution in [0.1, 0.15) is 51.4 Å². The molecular weight excluding hydrogens is 238 g/mol. The van der Waals surface area contributed by atoms with E-state index in [0.29, 0.717) is 24.5 Å². The monoisotopic (exact) mass is 267 g/mol. The molecule has 0 bridgehead atoms. The van der Waals surface area contributed by atoms with Gasteiger partial charge in [0.05, 0.1) is 6.54 Å². The summed E-state index contributed by atoms with van der Waals surface area (Å²) in [5, 5.41) is 3.17. The Kier molecular flexibility index (Phi) is 5.64. The molecule has 3 N–H and O–H groups in total. The zero-order valence-corrected chi connectivity index (χ0v) is 12.2. The predicted molar refractivity (Wildman–Crippen MR) is 77.8 cm³/mol. The predicted octanol–water partition coefficient (Wildman–Crippen LogP) is 1.49. The second-order valence-corrected chi connectivity index (χ2v) is 6.31. The first kappa shape index (κ1) is 14.8. The molecule has 0 aromatic rings. The molecule has 4 nitrogen and oxygen atoms in total. The highest BCUT2D eigenvalue weighted by Gasteiger charge is 2.28. The normalized spacial score (nSPS) is 28.8. The molecule has 2 unspecified atom stereocenters. The van der Waals surface area contributed by atoms with Gasteiger partial charge >= 0.3 is 0 Å². The molecule has 2 aliphatic carbocycles. The number of nitrogens with one attached hydrogen (secondary N) is 1. The molecule has 0 aliphatic heterocycles. The Hall–Kier alpha value is -0.610. The maximum Gasteiger partial charge on any atom is 0.234 e. The summed E-state index contributed by atoms with van der Waals surface area (Å²) in [4.78, 5) is 14.3. The number of hydrogen-bond donors (Lipinski definition) is 2. The van der Waals surface area contributed by atoms with Crippen molar-refractivity contribution >= 4 is 5.91 Å². The summed E-state index contributed by atoms with van der Waals surface area (Å²) in [5.41, 5.74) is 5.87. The van der Waals surface area contributed by atoms with Gasteiger partial charge in [-0.05, 0) is 45.2 Å². The van der Waals surface area contributed by atoms with Crippen LogP contribution in [0, 0.1) is 5.92 Å². The van der Waals surface area contributed by atoms with E-state index in [2.05, 4.69) is 17.3 Å². The molecule has 19 heavy (non-hydrogen) atoms. The smallest absolute Gasteiger partial charge is 0.234 e. The van der Waals surface area contributed by atoms with E-state index >= 15 is 0 Å². The summed E-state index contributed by atoms with van der Waals surface area (Å²) in [7, 11) is 2.08. The second kappa shape index (κ2) is 7.25. The van der Waals surface area contributed by atoms with Crippen LogP contribution in [-0.4, -0.2) is 43.0 Å². The molecule has 2 saturated carbocycles. The highest BCUT2D eigenvalue weighted by Crippen LogP contribution is 2.27. The van der Waals surface area contributed by atoms with Gasteiger partial charge in [0.1, 0.15) is 0 Å². The Morgan fingerprint density at radius 1 is 1.16 bits per heavy atom. The molecule has 0 aromatic heterocycles. The molecule has 2 aliphatic rings. The lowest BCUT2D eigenvalue weighted by Gasteiger charge is -2.37. The summed E-state index contributed by atoms with van der Waals surface area (Å²) in [6.45, 7) is 1.27. The van der Waals surface area contributed by atoms with Gasteiger partial charge in [-0.3, -0.25) is 9.69 Å². The topological polar surface area (TPSA) is 58.4 Å². The van der Waals surface area contributed by atoms with Crippen molar-refractivity contribution in [2.45, 2.75) is 63.5 Å². The molecule has 1 amide bonds. The van der Waals surface area contributed by atoms with E-state index in [4.69, 9.17) is 5.73 Å². The largest absolute Gasteiger partial charge is 0.352 e.